The van der Waals surface area contributed by atoms with Crippen LogP contribution in [0.3, 0.4) is 0 Å². The zero-order valence-corrected chi connectivity index (χ0v) is 17.1. The first kappa shape index (κ1) is 20.6. The molecule has 8 heteroatoms. The van der Waals surface area contributed by atoms with Crippen molar-refractivity contribution in [2.24, 2.45) is 11.8 Å². The van der Waals surface area contributed by atoms with Gasteiger partial charge < -0.3 is 15.4 Å². The maximum absolute atomic E-state index is 5.37. The van der Waals surface area contributed by atoms with Gasteiger partial charge in [-0.1, -0.05) is 26.7 Å². The first-order valence-corrected chi connectivity index (χ1v) is 10.3. The molecule has 1 aliphatic carbocycles. The predicted molar refractivity (Wildman–Crippen MR) is 110 cm³/mol. The molecule has 4 N–H and O–H groups in total. The number of hydrogen-bond donors (Lipinski definition) is 4. The molecule has 2 fully saturated rings. The molecule has 1 heterocycles. The highest BCUT2D eigenvalue weighted by molar-refractivity contribution is 7.80. The van der Waals surface area contributed by atoms with Gasteiger partial charge in [-0.2, -0.15) is 0 Å². The molecule has 1 saturated heterocycles. The molecule has 0 unspecified atom stereocenters. The topological polar surface area (TPSA) is 60.6 Å². The summed E-state index contributed by atoms with van der Waals surface area (Å²) < 4.78 is 5.35. The molecule has 0 aromatic rings. The van der Waals surface area contributed by atoms with Gasteiger partial charge in [0.05, 0.1) is 13.2 Å². The van der Waals surface area contributed by atoms with E-state index in [0.29, 0.717) is 22.2 Å². The third kappa shape index (κ3) is 7.60. The zero-order chi connectivity index (χ0) is 18.1. The Balaban J connectivity index is 1.52. The van der Waals surface area contributed by atoms with Gasteiger partial charge in [-0.05, 0) is 55.7 Å². The van der Waals surface area contributed by atoms with Crippen LogP contribution in [-0.2, 0) is 4.74 Å². The Morgan fingerprint density at radius 1 is 1.08 bits per heavy atom. The van der Waals surface area contributed by atoms with Gasteiger partial charge in [0.1, 0.15) is 0 Å². The first-order chi connectivity index (χ1) is 12.1. The largest absolute Gasteiger partial charge is 0.379 e. The fourth-order valence-corrected chi connectivity index (χ4v) is 3.83. The van der Waals surface area contributed by atoms with E-state index < -0.39 is 0 Å². The summed E-state index contributed by atoms with van der Waals surface area (Å²) in [6.45, 7) is 10.3. The average molecular weight is 388 g/mol. The average Bonchev–Trinajstić information content (AvgIpc) is 2.62. The fraction of sp³-hybridized carbons (Fsp3) is 0.882. The molecule has 0 aromatic heterocycles. The van der Waals surface area contributed by atoms with E-state index in [4.69, 9.17) is 29.2 Å². The molecule has 6 nitrogen and oxygen atoms in total. The van der Waals surface area contributed by atoms with Crippen molar-refractivity contribution in [1.29, 1.82) is 0 Å². The second kappa shape index (κ2) is 11.1. The van der Waals surface area contributed by atoms with Crippen molar-refractivity contribution >= 4 is 34.7 Å². The number of nitrogens with one attached hydrogen (secondary N) is 4. The molecular weight excluding hydrogens is 354 g/mol. The van der Waals surface area contributed by atoms with Gasteiger partial charge in [-0.3, -0.25) is 15.8 Å². The number of thiocarbonyl (C=S) groups is 2. The van der Waals surface area contributed by atoms with Crippen molar-refractivity contribution in [2.45, 2.75) is 45.6 Å². The van der Waals surface area contributed by atoms with E-state index in [1.54, 1.807) is 0 Å². The minimum Gasteiger partial charge on any atom is -0.379 e. The lowest BCUT2D eigenvalue weighted by Gasteiger charge is -2.35. The Morgan fingerprint density at radius 3 is 2.56 bits per heavy atom. The number of hydrogen-bond acceptors (Lipinski definition) is 4. The number of hydrazine groups is 1. The van der Waals surface area contributed by atoms with Crippen molar-refractivity contribution in [1.82, 2.24) is 26.4 Å². The second-order valence-corrected chi connectivity index (χ2v) is 7.98. The van der Waals surface area contributed by atoms with Gasteiger partial charge in [-0.25, -0.2) is 0 Å². The van der Waals surface area contributed by atoms with Crippen LogP contribution in [0.4, 0.5) is 0 Å². The van der Waals surface area contributed by atoms with Crippen LogP contribution in [0.15, 0.2) is 0 Å². The van der Waals surface area contributed by atoms with Gasteiger partial charge in [0.2, 0.25) is 0 Å². The van der Waals surface area contributed by atoms with Crippen LogP contribution in [0.5, 0.6) is 0 Å². The van der Waals surface area contributed by atoms with Crippen molar-refractivity contribution < 1.29 is 4.74 Å². The first-order valence-electron chi connectivity index (χ1n) is 9.46. The molecule has 0 spiro atoms. The molecule has 0 amide bonds. The van der Waals surface area contributed by atoms with E-state index in [1.807, 2.05) is 0 Å². The standard InChI is InChI=1S/C17H33N5OS2/c1-13-5-3-6-15(14(13)2)19-17(25)21-20-16(24)18-7-4-8-22-9-11-23-12-10-22/h13-15H,3-12H2,1-2H3,(H2,18,20,24)(H2,19,21,25)/t13-,14+,15+/m0/s1. The van der Waals surface area contributed by atoms with E-state index in [-0.39, 0.29) is 0 Å². The molecule has 1 saturated carbocycles. The highest BCUT2D eigenvalue weighted by Crippen LogP contribution is 2.29. The number of morpholine rings is 1. The number of nitrogens with zero attached hydrogens (tertiary/aromatic N) is 1. The maximum atomic E-state index is 5.37. The highest BCUT2D eigenvalue weighted by atomic mass is 32.1. The summed E-state index contributed by atoms with van der Waals surface area (Å²) in [5.74, 6) is 1.38. The van der Waals surface area contributed by atoms with Gasteiger partial charge in [-0.15, -0.1) is 0 Å². The molecule has 25 heavy (non-hydrogen) atoms. The predicted octanol–water partition coefficient (Wildman–Crippen LogP) is 1.38. The van der Waals surface area contributed by atoms with Crippen LogP contribution in [0.1, 0.15) is 39.5 Å². The Hall–Kier alpha value is -0.700. The SMILES string of the molecule is C[C@@H]1[C@@H](C)CCC[C@H]1NC(=S)NNC(=S)NCCCN1CCOCC1. The van der Waals surface area contributed by atoms with Crippen LogP contribution in [0, 0.1) is 11.8 Å². The minimum atomic E-state index is 0.445. The quantitative estimate of drug-likeness (QED) is 0.321. The van der Waals surface area contributed by atoms with Crippen LogP contribution in [-0.4, -0.2) is 60.6 Å². The van der Waals surface area contributed by atoms with Crippen LogP contribution in [0.2, 0.25) is 0 Å². The third-order valence-corrected chi connectivity index (χ3v) is 5.82. The molecule has 0 radical (unpaired) electrons. The summed E-state index contributed by atoms with van der Waals surface area (Å²) in [5.41, 5.74) is 5.96. The van der Waals surface area contributed by atoms with E-state index >= 15 is 0 Å². The molecular formula is C17H33N5OS2. The third-order valence-electron chi connectivity index (χ3n) is 5.35. The lowest BCUT2D eigenvalue weighted by molar-refractivity contribution is 0.0376. The summed E-state index contributed by atoms with van der Waals surface area (Å²) >= 11 is 10.7. The van der Waals surface area contributed by atoms with Crippen molar-refractivity contribution in [2.75, 3.05) is 39.4 Å². The molecule has 2 aliphatic rings. The highest BCUT2D eigenvalue weighted by Gasteiger charge is 2.27. The lowest BCUT2D eigenvalue weighted by atomic mass is 9.78. The molecule has 2 rings (SSSR count). The number of rotatable bonds is 5. The molecule has 0 bridgehead atoms. The fourth-order valence-electron chi connectivity index (χ4n) is 3.48. The number of ether oxygens (including phenoxy) is 1. The van der Waals surface area contributed by atoms with Gasteiger partial charge in [0.25, 0.3) is 0 Å². The smallest absolute Gasteiger partial charge is 0.185 e. The van der Waals surface area contributed by atoms with Gasteiger partial charge in [0, 0.05) is 25.7 Å². The summed E-state index contributed by atoms with van der Waals surface area (Å²) in [7, 11) is 0. The van der Waals surface area contributed by atoms with Crippen LogP contribution < -0.4 is 21.5 Å². The van der Waals surface area contributed by atoms with Gasteiger partial charge in [0.15, 0.2) is 10.2 Å². The van der Waals surface area contributed by atoms with Crippen molar-refractivity contribution in [3.8, 4) is 0 Å². The summed E-state index contributed by atoms with van der Waals surface area (Å²) in [6.07, 6.45) is 4.82. The van der Waals surface area contributed by atoms with Crippen molar-refractivity contribution in [3.63, 3.8) is 0 Å². The minimum absolute atomic E-state index is 0.445. The van der Waals surface area contributed by atoms with E-state index in [1.165, 1.54) is 19.3 Å². The monoisotopic (exact) mass is 387 g/mol. The van der Waals surface area contributed by atoms with E-state index in [2.05, 4.69) is 40.2 Å². The molecule has 1 aliphatic heterocycles. The zero-order valence-electron chi connectivity index (χ0n) is 15.5. The maximum Gasteiger partial charge on any atom is 0.185 e. The Labute approximate surface area is 162 Å². The van der Waals surface area contributed by atoms with Crippen LogP contribution >= 0.6 is 24.4 Å². The van der Waals surface area contributed by atoms with Gasteiger partial charge >= 0.3 is 0 Å². The Morgan fingerprint density at radius 2 is 1.80 bits per heavy atom. The summed E-state index contributed by atoms with van der Waals surface area (Å²) in [6, 6.07) is 0.445. The summed E-state index contributed by atoms with van der Waals surface area (Å²) in [5, 5.41) is 7.82. The Bertz CT molecular complexity index is 431. The van der Waals surface area contributed by atoms with Crippen LogP contribution in [0.25, 0.3) is 0 Å². The normalized spacial score (nSPS) is 27.4. The second-order valence-electron chi connectivity index (χ2n) is 7.16. The molecule has 144 valence electrons. The molecule has 0 aromatic carbocycles. The lowest BCUT2D eigenvalue weighted by Crippen LogP contribution is -2.54. The molecule has 3 atom stereocenters. The summed E-state index contributed by atoms with van der Waals surface area (Å²) in [4.78, 5) is 2.42. The van der Waals surface area contributed by atoms with Crippen molar-refractivity contribution in [3.05, 3.63) is 0 Å². The van der Waals surface area contributed by atoms with E-state index in [9.17, 15) is 0 Å². The van der Waals surface area contributed by atoms with E-state index in [0.717, 1.165) is 51.7 Å². The Kier molecular flexibility index (Phi) is 9.16.